The molecule has 0 aliphatic heterocycles. The fourth-order valence-corrected chi connectivity index (χ4v) is 3.43. The normalized spacial score (nSPS) is 9.33. The third-order valence-corrected chi connectivity index (χ3v) is 4.34. The van der Waals surface area contributed by atoms with Gasteiger partial charge in [0.15, 0.2) is 5.65 Å². The summed E-state index contributed by atoms with van der Waals surface area (Å²) in [6.45, 7) is 0. The summed E-state index contributed by atoms with van der Waals surface area (Å²) in [7, 11) is 0. The number of nitrogens with zero attached hydrogens (tertiary/aromatic N) is 2. The van der Waals surface area contributed by atoms with E-state index in [0.717, 1.165) is 16.5 Å². The van der Waals surface area contributed by atoms with Crippen LogP contribution in [0.15, 0.2) is 59.6 Å². The zero-order chi connectivity index (χ0) is 14.9. The van der Waals surface area contributed by atoms with Crippen LogP contribution < -0.4 is 5.73 Å². The SMILES string of the molecule is NC=S.c1cc2sccc2s1.c1cnc2ncccc2c1. The number of nitrogens with two attached hydrogens (primary N) is 1. The van der Waals surface area contributed by atoms with Crippen LogP contribution in [0, 0.1) is 0 Å². The molecule has 0 saturated heterocycles. The lowest BCUT2D eigenvalue weighted by Crippen LogP contribution is -1.79. The Morgan fingerprint density at radius 2 is 1.38 bits per heavy atom. The van der Waals surface area contributed by atoms with Crippen molar-refractivity contribution in [3.8, 4) is 0 Å². The van der Waals surface area contributed by atoms with E-state index < -0.39 is 0 Å². The van der Waals surface area contributed by atoms with Gasteiger partial charge in [0.05, 0.1) is 5.49 Å². The van der Waals surface area contributed by atoms with Gasteiger partial charge in [-0.15, -0.1) is 22.7 Å². The second-order valence-electron chi connectivity index (χ2n) is 3.76. The van der Waals surface area contributed by atoms with Crippen molar-refractivity contribution in [1.29, 1.82) is 0 Å². The number of thiophene rings is 2. The van der Waals surface area contributed by atoms with Crippen molar-refractivity contribution in [2.24, 2.45) is 5.73 Å². The molecule has 21 heavy (non-hydrogen) atoms. The van der Waals surface area contributed by atoms with Crippen LogP contribution in [-0.4, -0.2) is 15.5 Å². The molecule has 0 spiro atoms. The van der Waals surface area contributed by atoms with Crippen LogP contribution in [0.3, 0.4) is 0 Å². The predicted octanol–water partition coefficient (Wildman–Crippen LogP) is 4.49. The molecule has 3 nitrogen and oxygen atoms in total. The first kappa shape index (κ1) is 15.5. The van der Waals surface area contributed by atoms with Gasteiger partial charge in [0.1, 0.15) is 0 Å². The van der Waals surface area contributed by atoms with E-state index in [1.165, 1.54) is 9.40 Å². The third kappa shape index (κ3) is 4.56. The van der Waals surface area contributed by atoms with Crippen LogP contribution in [0.1, 0.15) is 0 Å². The summed E-state index contributed by atoms with van der Waals surface area (Å²) in [6, 6.07) is 12.1. The quantitative estimate of drug-likeness (QED) is 0.482. The van der Waals surface area contributed by atoms with Crippen LogP contribution in [0.5, 0.6) is 0 Å². The van der Waals surface area contributed by atoms with E-state index in [1.807, 2.05) is 24.3 Å². The largest absolute Gasteiger partial charge is 0.396 e. The van der Waals surface area contributed by atoms with Crippen LogP contribution in [0.25, 0.3) is 20.4 Å². The first-order valence-corrected chi connectivity index (χ1v) is 8.30. The number of hydrogen-bond donors (Lipinski definition) is 1. The highest BCUT2D eigenvalue weighted by molar-refractivity contribution is 7.78. The van der Waals surface area contributed by atoms with Gasteiger partial charge in [-0.1, -0.05) is 12.2 Å². The van der Waals surface area contributed by atoms with Crippen molar-refractivity contribution in [2.45, 2.75) is 0 Å². The number of rotatable bonds is 0. The first-order chi connectivity index (χ1) is 10.3. The minimum Gasteiger partial charge on any atom is -0.396 e. The molecule has 2 N–H and O–H groups in total. The molecular formula is C15H13N3S3. The summed E-state index contributed by atoms with van der Waals surface area (Å²) in [6.07, 6.45) is 3.49. The Kier molecular flexibility index (Phi) is 6.21. The molecule has 0 bridgehead atoms. The maximum absolute atomic E-state index is 4.54. The van der Waals surface area contributed by atoms with Gasteiger partial charge in [0.2, 0.25) is 0 Å². The minimum absolute atomic E-state index is 0.810. The number of thiocarbonyl (C=S) groups is 1. The Hall–Kier alpha value is -1.89. The number of pyridine rings is 2. The highest BCUT2D eigenvalue weighted by atomic mass is 32.1. The van der Waals surface area contributed by atoms with Crippen LogP contribution in [0.2, 0.25) is 0 Å². The second-order valence-corrected chi connectivity index (χ2v) is 5.93. The maximum atomic E-state index is 4.54. The van der Waals surface area contributed by atoms with E-state index >= 15 is 0 Å². The summed E-state index contributed by atoms with van der Waals surface area (Å²) in [5, 5.41) is 5.34. The van der Waals surface area contributed by atoms with E-state index in [4.69, 9.17) is 0 Å². The van der Waals surface area contributed by atoms with E-state index in [9.17, 15) is 0 Å². The predicted molar refractivity (Wildman–Crippen MR) is 97.1 cm³/mol. The molecule has 4 aromatic rings. The van der Waals surface area contributed by atoms with Crippen molar-refractivity contribution in [3.63, 3.8) is 0 Å². The molecule has 4 aromatic heterocycles. The lowest BCUT2D eigenvalue weighted by atomic mass is 10.3. The van der Waals surface area contributed by atoms with Crippen molar-refractivity contribution in [2.75, 3.05) is 0 Å². The van der Waals surface area contributed by atoms with E-state index in [0.29, 0.717) is 0 Å². The molecule has 4 rings (SSSR count). The Labute approximate surface area is 136 Å². The Morgan fingerprint density at radius 1 is 0.905 bits per heavy atom. The number of fused-ring (bicyclic) bond motifs is 2. The molecule has 0 fully saturated rings. The molecule has 0 aliphatic carbocycles. The van der Waals surface area contributed by atoms with Crippen LogP contribution in [-0.2, 0) is 0 Å². The Balaban J connectivity index is 0.000000132. The lowest BCUT2D eigenvalue weighted by Gasteiger charge is -1.90. The van der Waals surface area contributed by atoms with Gasteiger partial charge in [-0.2, -0.15) is 0 Å². The number of aromatic nitrogens is 2. The fraction of sp³-hybridized carbons (Fsp3) is 0. The molecule has 0 aliphatic rings. The summed E-state index contributed by atoms with van der Waals surface area (Å²) in [4.78, 5) is 8.14. The second kappa shape index (κ2) is 8.41. The zero-order valence-corrected chi connectivity index (χ0v) is 13.5. The van der Waals surface area contributed by atoms with Crippen molar-refractivity contribution >= 4 is 60.8 Å². The van der Waals surface area contributed by atoms with E-state index in [2.05, 4.69) is 50.8 Å². The molecule has 6 heteroatoms. The average Bonchev–Trinajstić information content (AvgIpc) is 3.13. The van der Waals surface area contributed by atoms with Gasteiger partial charge < -0.3 is 5.73 Å². The molecule has 0 saturated carbocycles. The molecule has 0 radical (unpaired) electrons. The van der Waals surface area contributed by atoms with Gasteiger partial charge in [-0.25, -0.2) is 9.97 Å². The average molecular weight is 331 g/mol. The first-order valence-electron chi connectivity index (χ1n) is 6.07. The lowest BCUT2D eigenvalue weighted by molar-refractivity contribution is 1.29. The topological polar surface area (TPSA) is 51.8 Å². The van der Waals surface area contributed by atoms with E-state index in [1.54, 1.807) is 35.1 Å². The van der Waals surface area contributed by atoms with Gasteiger partial charge in [0.25, 0.3) is 0 Å². The van der Waals surface area contributed by atoms with Gasteiger partial charge >= 0.3 is 0 Å². The van der Waals surface area contributed by atoms with Crippen molar-refractivity contribution in [1.82, 2.24) is 9.97 Å². The monoisotopic (exact) mass is 331 g/mol. The highest BCUT2D eigenvalue weighted by Gasteiger charge is 1.91. The van der Waals surface area contributed by atoms with Gasteiger partial charge in [-0.3, -0.25) is 0 Å². The highest BCUT2D eigenvalue weighted by Crippen LogP contribution is 2.25. The van der Waals surface area contributed by atoms with Crippen LogP contribution in [0.4, 0.5) is 0 Å². The Morgan fingerprint density at radius 3 is 1.81 bits per heavy atom. The molecule has 0 unspecified atom stereocenters. The molecular weight excluding hydrogens is 318 g/mol. The molecule has 0 amide bonds. The summed E-state index contributed by atoms with van der Waals surface area (Å²) in [5.74, 6) is 0. The smallest absolute Gasteiger partial charge is 0.159 e. The Bertz CT molecular complexity index is 691. The van der Waals surface area contributed by atoms with E-state index in [-0.39, 0.29) is 0 Å². The molecule has 4 heterocycles. The van der Waals surface area contributed by atoms with Gasteiger partial charge in [0, 0.05) is 27.2 Å². The third-order valence-electron chi connectivity index (χ3n) is 2.45. The van der Waals surface area contributed by atoms with Crippen molar-refractivity contribution in [3.05, 3.63) is 59.6 Å². The standard InChI is InChI=1S/C8H6N2.C6H4S2.CH3NS/c1-3-7-4-2-6-10-8(7)9-5-1;1-3-7-6-2-4-8-5(1)6;2-1-3/h1-6H;1-4H;1H,(H2,2,3). The zero-order valence-electron chi connectivity index (χ0n) is 11.0. The number of hydrogen-bond acceptors (Lipinski definition) is 5. The minimum atomic E-state index is 0.810. The maximum Gasteiger partial charge on any atom is 0.159 e. The molecule has 0 atom stereocenters. The van der Waals surface area contributed by atoms with Gasteiger partial charge in [-0.05, 0) is 47.2 Å². The summed E-state index contributed by atoms with van der Waals surface area (Å²) in [5.41, 5.74) is 6.43. The van der Waals surface area contributed by atoms with Crippen molar-refractivity contribution < 1.29 is 0 Å². The summed E-state index contributed by atoms with van der Waals surface area (Å²) < 4.78 is 2.82. The van der Waals surface area contributed by atoms with Crippen LogP contribution >= 0.6 is 34.9 Å². The summed E-state index contributed by atoms with van der Waals surface area (Å²) >= 11 is 7.66. The molecule has 0 aromatic carbocycles. The molecule has 106 valence electrons. The fourth-order valence-electron chi connectivity index (χ4n) is 1.60.